The van der Waals surface area contributed by atoms with Crippen LogP contribution in [0, 0.1) is 11.3 Å². The fourth-order valence-corrected chi connectivity index (χ4v) is 1.32. The van der Waals surface area contributed by atoms with Gasteiger partial charge in [0.15, 0.2) is 6.10 Å². The van der Waals surface area contributed by atoms with Gasteiger partial charge in [-0.2, -0.15) is 5.26 Å². The number of nitrogens with zero attached hydrogens (tertiary/aromatic N) is 2. The third-order valence-corrected chi connectivity index (χ3v) is 2.05. The highest BCUT2D eigenvalue weighted by molar-refractivity contribution is 6.30. The van der Waals surface area contributed by atoms with Gasteiger partial charge in [-0.1, -0.05) is 0 Å². The number of rotatable bonds is 1. The lowest BCUT2D eigenvalue weighted by atomic mass is 10.2. The van der Waals surface area contributed by atoms with Crippen molar-refractivity contribution in [1.82, 2.24) is 4.90 Å². The molecule has 2 unspecified atom stereocenters. The summed E-state index contributed by atoms with van der Waals surface area (Å²) >= 11 is 5.64. The third-order valence-electron chi connectivity index (χ3n) is 1.86. The second kappa shape index (κ2) is 4.45. The topological polar surface area (TPSA) is 53.3 Å². The van der Waals surface area contributed by atoms with E-state index in [4.69, 9.17) is 21.6 Å². The Hall–Kier alpha value is -0.790. The Labute approximate surface area is 82.0 Å². The van der Waals surface area contributed by atoms with E-state index in [1.54, 1.807) is 11.8 Å². The highest BCUT2D eigenvalue weighted by atomic mass is 35.5. The van der Waals surface area contributed by atoms with Crippen molar-refractivity contribution in [2.45, 2.75) is 18.4 Å². The summed E-state index contributed by atoms with van der Waals surface area (Å²) in [5.41, 5.74) is 0. The summed E-state index contributed by atoms with van der Waals surface area (Å²) < 4.78 is 5.09. The highest BCUT2D eigenvalue weighted by Crippen LogP contribution is 2.08. The third kappa shape index (κ3) is 2.58. The summed E-state index contributed by atoms with van der Waals surface area (Å²) in [5.74, 6) is -0.134. The molecule has 0 aromatic heterocycles. The Morgan fingerprint density at radius 3 is 3.08 bits per heavy atom. The Balaban J connectivity index is 2.52. The van der Waals surface area contributed by atoms with Crippen LogP contribution >= 0.6 is 11.6 Å². The zero-order valence-electron chi connectivity index (χ0n) is 7.36. The van der Waals surface area contributed by atoms with Crippen molar-refractivity contribution in [2.75, 3.05) is 19.7 Å². The van der Waals surface area contributed by atoms with Crippen LogP contribution in [0.2, 0.25) is 0 Å². The van der Waals surface area contributed by atoms with Gasteiger partial charge in [0.1, 0.15) is 5.38 Å². The van der Waals surface area contributed by atoms with Gasteiger partial charge >= 0.3 is 0 Å². The first-order valence-electron chi connectivity index (χ1n) is 4.09. The fourth-order valence-electron chi connectivity index (χ4n) is 1.18. The van der Waals surface area contributed by atoms with E-state index in [-0.39, 0.29) is 5.91 Å². The molecule has 0 N–H and O–H groups in total. The molecule has 1 aliphatic rings. The first kappa shape index (κ1) is 10.3. The Morgan fingerprint density at radius 1 is 1.85 bits per heavy atom. The number of alkyl halides is 1. The predicted molar refractivity (Wildman–Crippen MR) is 47.2 cm³/mol. The molecule has 1 saturated heterocycles. The van der Waals surface area contributed by atoms with Crippen LogP contribution in [0.4, 0.5) is 0 Å². The maximum absolute atomic E-state index is 11.4. The minimum Gasteiger partial charge on any atom is -0.360 e. The molecule has 0 saturated carbocycles. The molecule has 1 aliphatic heterocycles. The minimum atomic E-state index is -0.530. The number of carbonyl (C=O) groups excluding carboxylic acids is 1. The molecule has 72 valence electrons. The van der Waals surface area contributed by atoms with Crippen molar-refractivity contribution in [1.29, 1.82) is 5.26 Å². The summed E-state index contributed by atoms with van der Waals surface area (Å²) in [4.78, 5) is 13.0. The van der Waals surface area contributed by atoms with Crippen molar-refractivity contribution < 1.29 is 9.53 Å². The summed E-state index contributed by atoms with van der Waals surface area (Å²) in [6.07, 6.45) is -0.506. The lowest BCUT2D eigenvalue weighted by Crippen LogP contribution is -2.47. The monoisotopic (exact) mass is 202 g/mol. The van der Waals surface area contributed by atoms with Crippen LogP contribution in [0.3, 0.4) is 0 Å². The van der Waals surface area contributed by atoms with Crippen LogP contribution < -0.4 is 0 Å². The SMILES string of the molecule is CC(Cl)C(=O)N1CCOC(C#N)C1. The maximum atomic E-state index is 11.4. The van der Waals surface area contributed by atoms with Gasteiger partial charge in [-0.05, 0) is 6.92 Å². The van der Waals surface area contributed by atoms with Gasteiger partial charge < -0.3 is 9.64 Å². The summed E-state index contributed by atoms with van der Waals surface area (Å²) in [5, 5.41) is 8.05. The van der Waals surface area contributed by atoms with E-state index in [2.05, 4.69) is 0 Å². The molecule has 2 atom stereocenters. The number of amides is 1. The lowest BCUT2D eigenvalue weighted by molar-refractivity contribution is -0.136. The smallest absolute Gasteiger partial charge is 0.240 e. The molecular formula is C8H11ClN2O2. The van der Waals surface area contributed by atoms with Gasteiger partial charge in [-0.3, -0.25) is 4.79 Å². The lowest BCUT2D eigenvalue weighted by Gasteiger charge is -2.30. The quantitative estimate of drug-likeness (QED) is 0.577. The van der Waals surface area contributed by atoms with Crippen molar-refractivity contribution in [2.24, 2.45) is 0 Å². The molecule has 0 aromatic carbocycles. The van der Waals surface area contributed by atoms with E-state index >= 15 is 0 Å². The fraction of sp³-hybridized carbons (Fsp3) is 0.750. The normalized spacial score (nSPS) is 25.0. The molecular weight excluding hydrogens is 192 g/mol. The molecule has 0 aliphatic carbocycles. The van der Waals surface area contributed by atoms with E-state index in [1.807, 2.05) is 6.07 Å². The van der Waals surface area contributed by atoms with Gasteiger partial charge in [0.25, 0.3) is 0 Å². The van der Waals surface area contributed by atoms with Crippen LogP contribution in [0.15, 0.2) is 0 Å². The Morgan fingerprint density at radius 2 is 2.54 bits per heavy atom. The summed E-state index contributed by atoms with van der Waals surface area (Å²) in [7, 11) is 0. The molecule has 0 radical (unpaired) electrons. The Bertz CT molecular complexity index is 237. The van der Waals surface area contributed by atoms with Crippen LogP contribution in [-0.2, 0) is 9.53 Å². The van der Waals surface area contributed by atoms with Gasteiger partial charge in [0, 0.05) is 6.54 Å². The summed E-state index contributed by atoms with van der Waals surface area (Å²) in [6, 6.07) is 1.97. The molecule has 0 spiro atoms. The van der Waals surface area contributed by atoms with E-state index < -0.39 is 11.5 Å². The number of halogens is 1. The van der Waals surface area contributed by atoms with Crippen LogP contribution in [0.5, 0.6) is 0 Å². The van der Waals surface area contributed by atoms with Crippen molar-refractivity contribution in [3.05, 3.63) is 0 Å². The maximum Gasteiger partial charge on any atom is 0.240 e. The van der Waals surface area contributed by atoms with Gasteiger partial charge in [0.05, 0.1) is 19.2 Å². The Kier molecular flexibility index (Phi) is 3.52. The van der Waals surface area contributed by atoms with Crippen LogP contribution in [-0.4, -0.2) is 42.0 Å². The number of hydrogen-bond acceptors (Lipinski definition) is 3. The largest absolute Gasteiger partial charge is 0.360 e. The zero-order valence-corrected chi connectivity index (χ0v) is 8.12. The molecule has 1 fully saturated rings. The molecule has 5 heteroatoms. The minimum absolute atomic E-state index is 0.134. The van der Waals surface area contributed by atoms with E-state index in [1.165, 1.54) is 0 Å². The van der Waals surface area contributed by atoms with E-state index in [9.17, 15) is 4.79 Å². The van der Waals surface area contributed by atoms with Gasteiger partial charge in [-0.25, -0.2) is 0 Å². The molecule has 0 bridgehead atoms. The molecule has 0 aromatic rings. The second-order valence-corrected chi connectivity index (χ2v) is 3.54. The predicted octanol–water partition coefficient (Wildman–Crippen LogP) is 0.365. The van der Waals surface area contributed by atoms with Crippen LogP contribution in [0.1, 0.15) is 6.92 Å². The zero-order chi connectivity index (χ0) is 9.84. The summed E-state index contributed by atoms with van der Waals surface area (Å²) in [6.45, 7) is 2.88. The first-order valence-corrected chi connectivity index (χ1v) is 4.53. The number of nitriles is 1. The molecule has 1 amide bonds. The van der Waals surface area contributed by atoms with Crippen molar-refractivity contribution in [3.8, 4) is 6.07 Å². The second-order valence-electron chi connectivity index (χ2n) is 2.89. The van der Waals surface area contributed by atoms with E-state index in [0.717, 1.165) is 0 Å². The molecule has 13 heavy (non-hydrogen) atoms. The standard InChI is InChI=1S/C8H11ClN2O2/c1-6(9)8(12)11-2-3-13-7(4-10)5-11/h6-7H,2-3,5H2,1H3. The number of ether oxygens (including phenoxy) is 1. The van der Waals surface area contributed by atoms with Gasteiger partial charge in [-0.15, -0.1) is 11.6 Å². The first-order chi connectivity index (χ1) is 6.15. The average Bonchev–Trinajstić information content (AvgIpc) is 2.16. The highest BCUT2D eigenvalue weighted by Gasteiger charge is 2.25. The van der Waals surface area contributed by atoms with Crippen LogP contribution in [0.25, 0.3) is 0 Å². The van der Waals surface area contributed by atoms with Crippen molar-refractivity contribution in [3.63, 3.8) is 0 Å². The van der Waals surface area contributed by atoms with E-state index in [0.29, 0.717) is 19.7 Å². The molecule has 4 nitrogen and oxygen atoms in total. The number of carbonyl (C=O) groups is 1. The molecule has 1 rings (SSSR count). The number of morpholine rings is 1. The van der Waals surface area contributed by atoms with Crippen molar-refractivity contribution >= 4 is 17.5 Å². The van der Waals surface area contributed by atoms with Gasteiger partial charge in [0.2, 0.25) is 5.91 Å². The average molecular weight is 203 g/mol. The molecule has 1 heterocycles. The number of hydrogen-bond donors (Lipinski definition) is 0.